The molecule has 32 heavy (non-hydrogen) atoms. The number of hydrogen-bond acceptors (Lipinski definition) is 5. The molecule has 7 nitrogen and oxygen atoms in total. The van der Waals surface area contributed by atoms with Crippen LogP contribution in [-0.4, -0.2) is 33.0 Å². The molecule has 4 aromatic rings. The van der Waals surface area contributed by atoms with Gasteiger partial charge in [0, 0.05) is 34.6 Å². The van der Waals surface area contributed by atoms with Crippen LogP contribution in [0.4, 0.5) is 11.6 Å². The number of fused-ring (bicyclic) bond motifs is 1. The molecule has 1 fully saturated rings. The summed E-state index contributed by atoms with van der Waals surface area (Å²) >= 11 is 13.8. The Bertz CT molecular complexity index is 1350. The molecule has 0 bridgehead atoms. The molecule has 1 atom stereocenters. The summed E-state index contributed by atoms with van der Waals surface area (Å²) < 4.78 is 1.62. The predicted molar refractivity (Wildman–Crippen MR) is 127 cm³/mol. The molecule has 1 saturated heterocycles. The van der Waals surface area contributed by atoms with Crippen molar-refractivity contribution in [2.24, 2.45) is 5.92 Å². The minimum Gasteiger partial charge on any atom is -0.312 e. The number of carbonyl (C=O) groups excluding carboxylic acids is 2. The number of aromatic nitrogens is 3. The molecule has 2 aromatic heterocycles. The summed E-state index contributed by atoms with van der Waals surface area (Å²) in [4.78, 5) is 31.9. The number of nitrogens with zero attached hydrogens (tertiary/aromatic N) is 4. The van der Waals surface area contributed by atoms with E-state index in [1.165, 1.54) is 11.3 Å². The van der Waals surface area contributed by atoms with E-state index in [2.05, 4.69) is 15.4 Å². The van der Waals surface area contributed by atoms with Gasteiger partial charge in [-0.2, -0.15) is 4.98 Å². The number of aryl methyl sites for hydroxylation is 1. The van der Waals surface area contributed by atoms with Gasteiger partial charge in [0.05, 0.1) is 16.6 Å². The number of thiazole rings is 1. The monoisotopic (exact) mass is 485 g/mol. The van der Waals surface area contributed by atoms with E-state index < -0.39 is 5.92 Å². The van der Waals surface area contributed by atoms with Gasteiger partial charge in [0.25, 0.3) is 0 Å². The van der Waals surface area contributed by atoms with Crippen LogP contribution in [0.3, 0.4) is 0 Å². The third-order valence-electron chi connectivity index (χ3n) is 5.36. The Kier molecular flexibility index (Phi) is 5.36. The molecular formula is C22H17Cl2N5O2S. The summed E-state index contributed by atoms with van der Waals surface area (Å²) in [5.41, 5.74) is 3.36. The molecule has 2 amide bonds. The number of hydrogen-bond donors (Lipinski definition) is 1. The summed E-state index contributed by atoms with van der Waals surface area (Å²) in [6, 6.07) is 12.9. The van der Waals surface area contributed by atoms with Gasteiger partial charge in [-0.15, -0.1) is 16.4 Å². The number of benzene rings is 2. The van der Waals surface area contributed by atoms with Gasteiger partial charge >= 0.3 is 0 Å². The zero-order valence-electron chi connectivity index (χ0n) is 16.9. The zero-order chi connectivity index (χ0) is 22.4. The largest absolute Gasteiger partial charge is 0.312 e. The Morgan fingerprint density at radius 1 is 1.19 bits per heavy atom. The Hall–Kier alpha value is -2.94. The number of halogens is 2. The van der Waals surface area contributed by atoms with Gasteiger partial charge in [-0.3, -0.25) is 14.9 Å². The van der Waals surface area contributed by atoms with Gasteiger partial charge in [-0.1, -0.05) is 40.9 Å². The van der Waals surface area contributed by atoms with Gasteiger partial charge in [0.2, 0.25) is 22.7 Å². The topological polar surface area (TPSA) is 79.6 Å². The molecule has 1 unspecified atom stereocenters. The Balaban J connectivity index is 1.34. The molecule has 3 heterocycles. The Morgan fingerprint density at radius 2 is 1.97 bits per heavy atom. The normalized spacial score (nSPS) is 16.2. The van der Waals surface area contributed by atoms with Gasteiger partial charge in [-0.25, -0.2) is 4.52 Å². The summed E-state index contributed by atoms with van der Waals surface area (Å²) in [6.45, 7) is 2.31. The van der Waals surface area contributed by atoms with Crippen molar-refractivity contribution >= 4 is 62.9 Å². The fourth-order valence-electron chi connectivity index (χ4n) is 3.68. The molecule has 1 N–H and O–H groups in total. The van der Waals surface area contributed by atoms with E-state index in [4.69, 9.17) is 23.2 Å². The van der Waals surface area contributed by atoms with Gasteiger partial charge in [0.1, 0.15) is 0 Å². The minimum absolute atomic E-state index is 0.0781. The number of nitrogens with one attached hydrogen (secondary N) is 1. The van der Waals surface area contributed by atoms with Crippen molar-refractivity contribution in [2.45, 2.75) is 13.3 Å². The smallest absolute Gasteiger partial charge is 0.250 e. The molecule has 2 aromatic carbocycles. The van der Waals surface area contributed by atoms with Crippen LogP contribution >= 0.6 is 34.5 Å². The van der Waals surface area contributed by atoms with Crippen molar-refractivity contribution < 1.29 is 9.59 Å². The second kappa shape index (κ2) is 8.20. The fourth-order valence-corrected chi connectivity index (χ4v) is 4.89. The van der Waals surface area contributed by atoms with E-state index in [0.717, 1.165) is 22.5 Å². The first-order valence-corrected chi connectivity index (χ1v) is 11.5. The first-order chi connectivity index (χ1) is 15.4. The van der Waals surface area contributed by atoms with Crippen molar-refractivity contribution in [1.82, 2.24) is 14.6 Å². The number of amides is 2. The average molecular weight is 486 g/mol. The predicted octanol–water partition coefficient (Wildman–Crippen LogP) is 5.06. The van der Waals surface area contributed by atoms with E-state index in [0.29, 0.717) is 21.6 Å². The molecule has 0 aliphatic carbocycles. The van der Waals surface area contributed by atoms with E-state index in [1.54, 1.807) is 27.6 Å². The van der Waals surface area contributed by atoms with Gasteiger partial charge < -0.3 is 4.90 Å². The first-order valence-electron chi connectivity index (χ1n) is 9.86. The maximum absolute atomic E-state index is 12.8. The van der Waals surface area contributed by atoms with Gasteiger partial charge in [0.15, 0.2) is 0 Å². The van der Waals surface area contributed by atoms with Crippen molar-refractivity contribution in [2.75, 3.05) is 16.8 Å². The molecule has 0 radical (unpaired) electrons. The highest BCUT2D eigenvalue weighted by Crippen LogP contribution is 2.33. The average Bonchev–Trinajstić information content (AvgIpc) is 3.45. The van der Waals surface area contributed by atoms with Crippen LogP contribution in [0.1, 0.15) is 12.0 Å². The molecule has 1 aliphatic rings. The molecule has 0 saturated carbocycles. The summed E-state index contributed by atoms with van der Waals surface area (Å²) in [6.07, 6.45) is 0.144. The second-order valence-corrected chi connectivity index (χ2v) is 9.29. The van der Waals surface area contributed by atoms with Crippen LogP contribution in [0.15, 0.2) is 47.8 Å². The molecule has 5 rings (SSSR count). The first kappa shape index (κ1) is 20.9. The highest BCUT2D eigenvalue weighted by atomic mass is 35.5. The minimum atomic E-state index is -0.479. The third-order valence-corrected chi connectivity index (χ3v) is 6.74. The third kappa shape index (κ3) is 3.85. The van der Waals surface area contributed by atoms with Crippen LogP contribution in [0.5, 0.6) is 0 Å². The summed E-state index contributed by atoms with van der Waals surface area (Å²) in [5, 5.41) is 10.2. The molecule has 0 spiro atoms. The van der Waals surface area contributed by atoms with Crippen LogP contribution in [0.2, 0.25) is 10.0 Å². The maximum atomic E-state index is 12.8. The van der Waals surface area contributed by atoms with E-state index >= 15 is 0 Å². The van der Waals surface area contributed by atoms with Crippen molar-refractivity contribution in [3.8, 4) is 11.3 Å². The van der Waals surface area contributed by atoms with E-state index in [1.807, 2.05) is 36.6 Å². The SMILES string of the molecule is Cc1ccc(N2CC(C(=O)Nc3nc4scc(-c5cc(Cl)ccc5Cl)n4n3)CC2=O)cc1. The lowest BCUT2D eigenvalue weighted by Crippen LogP contribution is -2.28. The standard InChI is InChI=1S/C22H17Cl2N5O2S/c1-12-2-5-15(6-3-12)28-10-13(8-19(28)30)20(31)25-21-26-22-29(27-21)18(11-32-22)16-9-14(23)4-7-17(16)24/h2-7,9,11,13H,8,10H2,1H3,(H,25,27,31). The number of carbonyl (C=O) groups is 2. The van der Waals surface area contributed by atoms with Crippen molar-refractivity contribution in [1.29, 1.82) is 0 Å². The lowest BCUT2D eigenvalue weighted by molar-refractivity contribution is -0.122. The van der Waals surface area contributed by atoms with Gasteiger partial charge in [-0.05, 0) is 37.3 Å². The quantitative estimate of drug-likeness (QED) is 0.437. The van der Waals surface area contributed by atoms with Crippen molar-refractivity contribution in [3.63, 3.8) is 0 Å². The van der Waals surface area contributed by atoms with Crippen molar-refractivity contribution in [3.05, 3.63) is 63.5 Å². The lowest BCUT2D eigenvalue weighted by Gasteiger charge is -2.16. The van der Waals surface area contributed by atoms with Crippen LogP contribution in [-0.2, 0) is 9.59 Å². The fraction of sp³-hybridized carbons (Fsp3) is 0.182. The number of rotatable bonds is 4. The second-order valence-electron chi connectivity index (χ2n) is 7.61. The number of anilines is 2. The molecule has 10 heteroatoms. The maximum Gasteiger partial charge on any atom is 0.250 e. The Morgan fingerprint density at radius 3 is 2.75 bits per heavy atom. The molecule has 162 valence electrons. The molecular weight excluding hydrogens is 469 g/mol. The molecule has 1 aliphatic heterocycles. The Labute approximate surface area is 197 Å². The summed E-state index contributed by atoms with van der Waals surface area (Å²) in [7, 11) is 0. The highest BCUT2D eigenvalue weighted by Gasteiger charge is 2.35. The van der Waals surface area contributed by atoms with Crippen LogP contribution in [0, 0.1) is 12.8 Å². The van der Waals surface area contributed by atoms with Crippen LogP contribution < -0.4 is 10.2 Å². The summed E-state index contributed by atoms with van der Waals surface area (Å²) in [5.74, 6) is -0.658. The zero-order valence-corrected chi connectivity index (χ0v) is 19.2. The van der Waals surface area contributed by atoms with E-state index in [9.17, 15) is 9.59 Å². The van der Waals surface area contributed by atoms with Crippen LogP contribution in [0.25, 0.3) is 16.2 Å². The highest BCUT2D eigenvalue weighted by molar-refractivity contribution is 7.15. The van der Waals surface area contributed by atoms with E-state index in [-0.39, 0.29) is 24.2 Å². The lowest BCUT2D eigenvalue weighted by atomic mass is 10.1.